The van der Waals surface area contributed by atoms with E-state index in [0.29, 0.717) is 11.3 Å². The summed E-state index contributed by atoms with van der Waals surface area (Å²) < 4.78 is 6.47. The molecule has 106 valence electrons. The van der Waals surface area contributed by atoms with Gasteiger partial charge in [-0.05, 0) is 25.1 Å². The number of nitrogens with one attached hydrogen (secondary N) is 1. The third-order valence-electron chi connectivity index (χ3n) is 2.95. The first-order valence-electron chi connectivity index (χ1n) is 6.38. The van der Waals surface area contributed by atoms with E-state index < -0.39 is 0 Å². The van der Waals surface area contributed by atoms with Gasteiger partial charge in [-0.15, -0.1) is 0 Å². The number of hydrogen-bond acceptors (Lipinski definition) is 5. The Morgan fingerprint density at radius 2 is 2.20 bits per heavy atom. The normalized spacial score (nSPS) is 10.3. The summed E-state index contributed by atoms with van der Waals surface area (Å²) in [4.78, 5) is 15.8. The Labute approximate surface area is 117 Å². The van der Waals surface area contributed by atoms with Crippen LogP contribution in [0.15, 0.2) is 24.4 Å². The quantitative estimate of drug-likeness (QED) is 0.838. The number of aryl methyl sites for hydroxylation is 2. The van der Waals surface area contributed by atoms with E-state index in [1.54, 1.807) is 23.7 Å². The molecule has 0 atom stereocenters. The largest absolute Gasteiger partial charge is 0.465 e. The molecule has 6 heteroatoms. The van der Waals surface area contributed by atoms with E-state index in [2.05, 4.69) is 20.1 Å². The van der Waals surface area contributed by atoms with Crippen molar-refractivity contribution in [3.8, 4) is 0 Å². The number of anilines is 1. The Morgan fingerprint density at radius 1 is 1.40 bits per heavy atom. The molecule has 0 fully saturated rings. The first kappa shape index (κ1) is 14.0. The summed E-state index contributed by atoms with van der Waals surface area (Å²) >= 11 is 0. The third-order valence-corrected chi connectivity index (χ3v) is 2.95. The van der Waals surface area contributed by atoms with Crippen LogP contribution in [0.5, 0.6) is 0 Å². The molecule has 20 heavy (non-hydrogen) atoms. The fourth-order valence-electron chi connectivity index (χ4n) is 1.90. The van der Waals surface area contributed by atoms with Gasteiger partial charge in [-0.1, -0.05) is 0 Å². The molecule has 6 nitrogen and oxygen atoms in total. The molecule has 0 aliphatic heterocycles. The predicted octanol–water partition coefficient (Wildman–Crippen LogP) is 1.56. The van der Waals surface area contributed by atoms with E-state index in [0.717, 1.165) is 24.5 Å². The highest BCUT2D eigenvalue weighted by Gasteiger charge is 2.10. The first-order valence-corrected chi connectivity index (χ1v) is 6.38. The van der Waals surface area contributed by atoms with Crippen molar-refractivity contribution < 1.29 is 9.53 Å². The summed E-state index contributed by atoms with van der Waals surface area (Å²) in [5, 5.41) is 7.52. The minimum Gasteiger partial charge on any atom is -0.465 e. The summed E-state index contributed by atoms with van der Waals surface area (Å²) in [5.74, 6) is 0.376. The number of hydrogen-bond donors (Lipinski definition) is 1. The Morgan fingerprint density at radius 3 is 2.80 bits per heavy atom. The predicted molar refractivity (Wildman–Crippen MR) is 75.7 cm³/mol. The fourth-order valence-corrected chi connectivity index (χ4v) is 1.90. The maximum atomic E-state index is 11.5. The van der Waals surface area contributed by atoms with E-state index in [1.165, 1.54) is 7.11 Å². The number of rotatable bonds is 5. The van der Waals surface area contributed by atoms with Crippen molar-refractivity contribution in [3.05, 3.63) is 41.3 Å². The number of carbonyl (C=O) groups is 1. The van der Waals surface area contributed by atoms with Crippen LogP contribution in [0.1, 0.15) is 21.7 Å². The monoisotopic (exact) mass is 274 g/mol. The molecule has 0 amide bonds. The molecule has 0 aliphatic rings. The van der Waals surface area contributed by atoms with Gasteiger partial charge in [0, 0.05) is 26.2 Å². The van der Waals surface area contributed by atoms with Crippen LogP contribution in [0.25, 0.3) is 0 Å². The lowest BCUT2D eigenvalue weighted by Gasteiger charge is -2.08. The number of aromatic nitrogens is 3. The van der Waals surface area contributed by atoms with Crippen LogP contribution in [-0.4, -0.2) is 34.4 Å². The molecular formula is C14H18N4O2. The number of ether oxygens (including phenoxy) is 1. The van der Waals surface area contributed by atoms with Crippen LogP contribution in [0.4, 0.5) is 5.82 Å². The summed E-state index contributed by atoms with van der Waals surface area (Å²) in [5.41, 5.74) is 2.17. The molecule has 2 heterocycles. The summed E-state index contributed by atoms with van der Waals surface area (Å²) in [6.07, 6.45) is 2.74. The lowest BCUT2D eigenvalue weighted by Crippen LogP contribution is -2.10. The van der Waals surface area contributed by atoms with Crippen molar-refractivity contribution in [3.63, 3.8) is 0 Å². The van der Waals surface area contributed by atoms with Crippen molar-refractivity contribution in [2.45, 2.75) is 13.3 Å². The molecule has 0 saturated carbocycles. The molecule has 0 saturated heterocycles. The van der Waals surface area contributed by atoms with Gasteiger partial charge in [-0.3, -0.25) is 4.68 Å². The van der Waals surface area contributed by atoms with Crippen LogP contribution < -0.4 is 5.32 Å². The number of pyridine rings is 1. The maximum absolute atomic E-state index is 11.5. The lowest BCUT2D eigenvalue weighted by molar-refractivity contribution is 0.0599. The van der Waals surface area contributed by atoms with Gasteiger partial charge in [0.2, 0.25) is 0 Å². The van der Waals surface area contributed by atoms with Crippen LogP contribution in [0.2, 0.25) is 0 Å². The summed E-state index contributed by atoms with van der Waals surface area (Å²) in [7, 11) is 3.26. The van der Waals surface area contributed by atoms with Crippen LogP contribution in [0, 0.1) is 6.92 Å². The second kappa shape index (κ2) is 6.18. The summed E-state index contributed by atoms with van der Waals surface area (Å²) in [6.45, 7) is 2.53. The standard InChI is InChI=1S/C14H18N4O2/c1-10-12(14(19)20-3)4-5-13(16-10)15-8-6-11-7-9-18(2)17-11/h4-5,7,9H,6,8H2,1-3H3,(H,15,16). The number of nitrogens with zero attached hydrogens (tertiary/aromatic N) is 3. The minimum absolute atomic E-state index is 0.366. The van der Waals surface area contributed by atoms with E-state index in [-0.39, 0.29) is 5.97 Å². The van der Waals surface area contributed by atoms with Crippen LogP contribution in [-0.2, 0) is 18.2 Å². The molecule has 0 aliphatic carbocycles. The highest BCUT2D eigenvalue weighted by Crippen LogP contribution is 2.11. The highest BCUT2D eigenvalue weighted by molar-refractivity contribution is 5.90. The fraction of sp³-hybridized carbons (Fsp3) is 0.357. The van der Waals surface area contributed by atoms with Gasteiger partial charge in [0.15, 0.2) is 0 Å². The lowest BCUT2D eigenvalue weighted by atomic mass is 10.2. The van der Waals surface area contributed by atoms with Crippen molar-refractivity contribution in [1.29, 1.82) is 0 Å². The number of methoxy groups -OCH3 is 1. The van der Waals surface area contributed by atoms with Gasteiger partial charge in [0.05, 0.1) is 24.1 Å². The minimum atomic E-state index is -0.366. The Bertz CT molecular complexity index is 607. The van der Waals surface area contributed by atoms with Gasteiger partial charge in [-0.25, -0.2) is 9.78 Å². The zero-order valence-electron chi connectivity index (χ0n) is 11.9. The molecule has 0 bridgehead atoms. The van der Waals surface area contributed by atoms with Gasteiger partial charge in [0.25, 0.3) is 0 Å². The average Bonchev–Trinajstić information content (AvgIpc) is 2.84. The number of esters is 1. The first-order chi connectivity index (χ1) is 9.60. The molecule has 2 rings (SSSR count). The number of carbonyl (C=O) groups excluding carboxylic acids is 1. The van der Waals surface area contributed by atoms with Gasteiger partial charge >= 0.3 is 5.97 Å². The molecular weight excluding hydrogens is 256 g/mol. The third kappa shape index (κ3) is 3.34. The molecule has 0 radical (unpaired) electrons. The van der Waals surface area contributed by atoms with Crippen LogP contribution >= 0.6 is 0 Å². The van der Waals surface area contributed by atoms with E-state index >= 15 is 0 Å². The molecule has 2 aromatic heterocycles. The second-order valence-corrected chi connectivity index (χ2v) is 4.48. The highest BCUT2D eigenvalue weighted by atomic mass is 16.5. The molecule has 0 unspecified atom stereocenters. The van der Waals surface area contributed by atoms with Crippen molar-refractivity contribution in [1.82, 2.24) is 14.8 Å². The smallest absolute Gasteiger partial charge is 0.339 e. The van der Waals surface area contributed by atoms with E-state index in [1.807, 2.05) is 19.3 Å². The van der Waals surface area contributed by atoms with E-state index in [9.17, 15) is 4.79 Å². The zero-order valence-corrected chi connectivity index (χ0v) is 11.9. The average molecular weight is 274 g/mol. The van der Waals surface area contributed by atoms with Gasteiger partial charge in [-0.2, -0.15) is 5.10 Å². The molecule has 0 spiro atoms. The molecule has 0 aromatic carbocycles. The Kier molecular flexibility index (Phi) is 4.34. The topological polar surface area (TPSA) is 69.0 Å². The summed E-state index contributed by atoms with van der Waals surface area (Å²) in [6, 6.07) is 5.48. The Balaban J connectivity index is 1.93. The van der Waals surface area contributed by atoms with Gasteiger partial charge in [0.1, 0.15) is 5.82 Å². The van der Waals surface area contributed by atoms with Crippen LogP contribution in [0.3, 0.4) is 0 Å². The molecule has 2 aromatic rings. The van der Waals surface area contributed by atoms with Gasteiger partial charge < -0.3 is 10.1 Å². The van der Waals surface area contributed by atoms with Crippen molar-refractivity contribution in [2.75, 3.05) is 19.0 Å². The molecule has 1 N–H and O–H groups in total. The Hall–Kier alpha value is -2.37. The SMILES string of the molecule is COC(=O)c1ccc(NCCc2ccn(C)n2)nc1C. The zero-order chi connectivity index (χ0) is 14.5. The van der Waals surface area contributed by atoms with Crippen molar-refractivity contribution in [2.24, 2.45) is 7.05 Å². The maximum Gasteiger partial charge on any atom is 0.339 e. The van der Waals surface area contributed by atoms with E-state index in [4.69, 9.17) is 0 Å². The second-order valence-electron chi connectivity index (χ2n) is 4.48. The van der Waals surface area contributed by atoms with Crippen molar-refractivity contribution >= 4 is 11.8 Å².